The van der Waals surface area contributed by atoms with Crippen LogP contribution in [0.2, 0.25) is 5.02 Å². The fourth-order valence-corrected chi connectivity index (χ4v) is 3.11. The number of benzene rings is 2. The molecule has 0 bridgehead atoms. The van der Waals surface area contributed by atoms with Crippen molar-refractivity contribution in [3.63, 3.8) is 0 Å². The number of aromatic amines is 1. The predicted octanol–water partition coefficient (Wildman–Crippen LogP) is 4.47. The molecule has 5 heteroatoms. The summed E-state index contributed by atoms with van der Waals surface area (Å²) in [7, 11) is 0. The van der Waals surface area contributed by atoms with Gasteiger partial charge in [0.2, 0.25) is 0 Å². The van der Waals surface area contributed by atoms with E-state index < -0.39 is 0 Å². The first kappa shape index (κ1) is 14.0. The molecule has 1 aromatic heterocycles. The number of hydrogen-bond donors (Lipinski definition) is 2. The summed E-state index contributed by atoms with van der Waals surface area (Å²) in [4.78, 5) is 19.4. The Morgan fingerprint density at radius 1 is 1.09 bits per heavy atom. The fourth-order valence-electron chi connectivity index (χ4n) is 2.99. The first-order valence-corrected chi connectivity index (χ1v) is 7.78. The van der Waals surface area contributed by atoms with Gasteiger partial charge in [0.1, 0.15) is 0 Å². The van der Waals surface area contributed by atoms with Crippen molar-refractivity contribution in [3.05, 3.63) is 70.9 Å². The minimum atomic E-state index is -0.309. The predicted molar refractivity (Wildman–Crippen MR) is 92.2 cm³/mol. The van der Waals surface area contributed by atoms with E-state index in [2.05, 4.69) is 21.4 Å². The second-order valence-corrected chi connectivity index (χ2v) is 6.00. The number of para-hydroxylation sites is 1. The molecule has 0 radical (unpaired) electrons. The summed E-state index contributed by atoms with van der Waals surface area (Å²) >= 11 is 5.93. The van der Waals surface area contributed by atoms with Crippen molar-refractivity contribution >= 4 is 34.2 Å². The molecule has 1 atom stereocenters. The third kappa shape index (κ3) is 2.62. The average molecular weight is 324 g/mol. The minimum Gasteiger partial charge on any atom is -0.361 e. The van der Waals surface area contributed by atoms with Crippen LogP contribution in [0.3, 0.4) is 0 Å². The third-order valence-corrected chi connectivity index (χ3v) is 4.36. The van der Waals surface area contributed by atoms with Crippen LogP contribution in [-0.2, 0) is 0 Å². The summed E-state index contributed by atoms with van der Waals surface area (Å²) in [5.74, 6) is 0. The molecule has 2 aromatic carbocycles. The Balaban J connectivity index is 1.71. The normalized spacial score (nSPS) is 17.9. The quantitative estimate of drug-likeness (QED) is 0.718. The van der Waals surface area contributed by atoms with Crippen molar-refractivity contribution < 1.29 is 4.79 Å². The maximum absolute atomic E-state index is 12.0. The molecule has 2 N–H and O–H groups in total. The smallest absolute Gasteiger partial charge is 0.341 e. The van der Waals surface area contributed by atoms with Gasteiger partial charge in [-0.15, -0.1) is 0 Å². The van der Waals surface area contributed by atoms with Crippen LogP contribution in [0.5, 0.6) is 0 Å². The lowest BCUT2D eigenvalue weighted by molar-refractivity contribution is 0.244. The average Bonchev–Trinajstić information content (AvgIpc) is 2.99. The van der Waals surface area contributed by atoms with Crippen molar-refractivity contribution in [3.8, 4) is 0 Å². The third-order valence-electron chi connectivity index (χ3n) is 4.11. The minimum absolute atomic E-state index is 0.0955. The van der Waals surface area contributed by atoms with Crippen LogP contribution < -0.4 is 5.32 Å². The molecule has 0 fully saturated rings. The van der Waals surface area contributed by atoms with E-state index in [0.29, 0.717) is 11.4 Å². The maximum atomic E-state index is 12.0. The lowest BCUT2D eigenvalue weighted by Gasteiger charge is -2.23. The highest BCUT2D eigenvalue weighted by Gasteiger charge is 2.25. The van der Waals surface area contributed by atoms with E-state index in [0.717, 1.165) is 27.7 Å². The Morgan fingerprint density at radius 2 is 1.87 bits per heavy atom. The monoisotopic (exact) mass is 323 g/mol. The van der Waals surface area contributed by atoms with Crippen LogP contribution >= 0.6 is 11.6 Å². The van der Waals surface area contributed by atoms with E-state index in [1.165, 1.54) is 0 Å². The van der Waals surface area contributed by atoms with Gasteiger partial charge in [0.15, 0.2) is 0 Å². The lowest BCUT2D eigenvalue weighted by atomic mass is 9.95. The fraction of sp³-hybridized carbons (Fsp3) is 0.111. The molecule has 0 saturated carbocycles. The first-order valence-electron chi connectivity index (χ1n) is 7.41. The summed E-state index contributed by atoms with van der Waals surface area (Å²) in [6.07, 6.45) is 2.61. The van der Waals surface area contributed by atoms with Crippen LogP contribution in [0.4, 0.5) is 4.79 Å². The standard InChI is InChI=1S/C18H14ClN3O/c19-12-7-5-11(6-8-12)16-9-17(22-18(23)21-16)14-10-20-15-4-2-1-3-13(14)15/h1-8,10,17,20H,9H2,(H,22,23). The number of nitrogens with one attached hydrogen (secondary N) is 2. The van der Waals surface area contributed by atoms with Crippen molar-refractivity contribution in [2.24, 2.45) is 4.99 Å². The van der Waals surface area contributed by atoms with Gasteiger partial charge in [0, 0.05) is 34.1 Å². The van der Waals surface area contributed by atoms with Crippen LogP contribution in [0.15, 0.2) is 59.7 Å². The Hall–Kier alpha value is -2.59. The molecule has 0 spiro atoms. The van der Waals surface area contributed by atoms with E-state index in [-0.39, 0.29) is 12.1 Å². The number of carbonyl (C=O) groups is 1. The van der Waals surface area contributed by atoms with Gasteiger partial charge in [-0.1, -0.05) is 41.9 Å². The number of rotatable bonds is 2. The SMILES string of the molecule is O=C1N=C(c2ccc(Cl)cc2)CC(c2c[nH]c3ccccc23)N1. The highest BCUT2D eigenvalue weighted by Crippen LogP contribution is 2.29. The first-order chi connectivity index (χ1) is 11.2. The zero-order valence-corrected chi connectivity index (χ0v) is 13.0. The molecule has 1 aliphatic rings. The number of H-pyrrole nitrogens is 1. The largest absolute Gasteiger partial charge is 0.361 e. The van der Waals surface area contributed by atoms with Gasteiger partial charge >= 0.3 is 6.03 Å². The highest BCUT2D eigenvalue weighted by molar-refractivity contribution is 6.30. The molecule has 4 rings (SSSR count). The van der Waals surface area contributed by atoms with Crippen LogP contribution in [0, 0.1) is 0 Å². The van der Waals surface area contributed by atoms with E-state index >= 15 is 0 Å². The van der Waals surface area contributed by atoms with Crippen molar-refractivity contribution in [2.75, 3.05) is 0 Å². The summed E-state index contributed by atoms with van der Waals surface area (Å²) in [5.41, 5.74) is 3.84. The summed E-state index contributed by atoms with van der Waals surface area (Å²) in [6.45, 7) is 0. The van der Waals surface area contributed by atoms with Gasteiger partial charge < -0.3 is 10.3 Å². The Kier molecular flexibility index (Phi) is 3.39. The molecule has 1 unspecified atom stereocenters. The molecular weight excluding hydrogens is 310 g/mol. The zero-order chi connectivity index (χ0) is 15.8. The Bertz CT molecular complexity index is 911. The van der Waals surface area contributed by atoms with E-state index in [1.54, 1.807) is 0 Å². The van der Waals surface area contributed by atoms with Crippen molar-refractivity contribution in [1.29, 1.82) is 0 Å². The Morgan fingerprint density at radius 3 is 2.70 bits per heavy atom. The van der Waals surface area contributed by atoms with Gasteiger partial charge in [-0.25, -0.2) is 4.79 Å². The lowest BCUT2D eigenvalue weighted by Crippen LogP contribution is -2.33. The maximum Gasteiger partial charge on any atom is 0.341 e. The summed E-state index contributed by atoms with van der Waals surface area (Å²) < 4.78 is 0. The van der Waals surface area contributed by atoms with Crippen LogP contribution in [0.25, 0.3) is 10.9 Å². The highest BCUT2D eigenvalue weighted by atomic mass is 35.5. The van der Waals surface area contributed by atoms with Gasteiger partial charge in [-0.3, -0.25) is 0 Å². The number of amides is 2. The molecule has 1 aliphatic heterocycles. The molecule has 114 valence electrons. The second kappa shape index (κ2) is 5.56. The number of carbonyl (C=O) groups excluding carboxylic acids is 1. The summed E-state index contributed by atoms with van der Waals surface area (Å²) in [6, 6.07) is 15.1. The topological polar surface area (TPSA) is 57.2 Å². The van der Waals surface area contributed by atoms with Crippen LogP contribution in [-0.4, -0.2) is 16.7 Å². The van der Waals surface area contributed by atoms with E-state index in [9.17, 15) is 4.79 Å². The van der Waals surface area contributed by atoms with Crippen molar-refractivity contribution in [1.82, 2.24) is 10.3 Å². The molecular formula is C18H14ClN3O. The molecule has 2 heterocycles. The number of urea groups is 1. The van der Waals surface area contributed by atoms with Crippen molar-refractivity contribution in [2.45, 2.75) is 12.5 Å². The number of halogens is 1. The van der Waals surface area contributed by atoms with E-state index in [1.807, 2.05) is 48.7 Å². The zero-order valence-electron chi connectivity index (χ0n) is 12.2. The number of fused-ring (bicyclic) bond motifs is 1. The number of aliphatic imine (C=N–C) groups is 1. The second-order valence-electron chi connectivity index (χ2n) is 5.56. The molecule has 4 nitrogen and oxygen atoms in total. The van der Waals surface area contributed by atoms with Gasteiger partial charge in [-0.05, 0) is 23.8 Å². The van der Waals surface area contributed by atoms with E-state index in [4.69, 9.17) is 11.6 Å². The van der Waals surface area contributed by atoms with Gasteiger partial charge in [0.25, 0.3) is 0 Å². The van der Waals surface area contributed by atoms with Gasteiger partial charge in [0.05, 0.1) is 11.8 Å². The molecule has 3 aromatic rings. The Labute approximate surface area is 138 Å². The number of hydrogen-bond acceptors (Lipinski definition) is 1. The summed E-state index contributed by atoms with van der Waals surface area (Å²) in [5, 5.41) is 4.74. The molecule has 2 amide bonds. The molecule has 23 heavy (non-hydrogen) atoms. The van der Waals surface area contributed by atoms with Crippen LogP contribution in [0.1, 0.15) is 23.6 Å². The number of aromatic nitrogens is 1. The number of nitrogens with zero attached hydrogens (tertiary/aromatic N) is 1. The molecule has 0 saturated heterocycles. The van der Waals surface area contributed by atoms with Gasteiger partial charge in [-0.2, -0.15) is 4.99 Å². The molecule has 0 aliphatic carbocycles.